The van der Waals surface area contributed by atoms with Crippen molar-refractivity contribution in [1.82, 2.24) is 9.78 Å². The van der Waals surface area contributed by atoms with Crippen LogP contribution >= 0.6 is 0 Å². The molecule has 1 aromatic heterocycles. The molecular formula is C12H21N3O. The Morgan fingerprint density at radius 1 is 1.62 bits per heavy atom. The van der Waals surface area contributed by atoms with E-state index in [4.69, 9.17) is 5.73 Å². The third-order valence-corrected chi connectivity index (χ3v) is 2.47. The van der Waals surface area contributed by atoms with E-state index in [0.29, 0.717) is 6.42 Å². The smallest absolute Gasteiger partial charge is 0.166 e. The zero-order valence-corrected chi connectivity index (χ0v) is 10.1. The lowest BCUT2D eigenvalue weighted by molar-refractivity contribution is 0.0979. The number of Topliss-reactive ketones (excluding diaryl/α,β-unsaturated/α-hetero) is 1. The van der Waals surface area contributed by atoms with Gasteiger partial charge in [-0.05, 0) is 26.2 Å². The fourth-order valence-electron chi connectivity index (χ4n) is 1.59. The molecule has 1 rings (SSSR count). The Morgan fingerprint density at radius 2 is 2.38 bits per heavy atom. The van der Waals surface area contributed by atoms with E-state index >= 15 is 0 Å². The maximum Gasteiger partial charge on any atom is 0.166 e. The molecule has 4 nitrogen and oxygen atoms in total. The number of aryl methyl sites for hydroxylation is 1. The second kappa shape index (κ2) is 6.43. The van der Waals surface area contributed by atoms with Crippen LogP contribution in [0.2, 0.25) is 0 Å². The summed E-state index contributed by atoms with van der Waals surface area (Å²) in [7, 11) is 0. The Labute approximate surface area is 96.8 Å². The molecule has 0 fully saturated rings. The molecule has 16 heavy (non-hydrogen) atoms. The summed E-state index contributed by atoms with van der Waals surface area (Å²) in [6.45, 7) is 4.92. The Hall–Kier alpha value is -1.16. The van der Waals surface area contributed by atoms with Gasteiger partial charge in [0.05, 0.1) is 11.8 Å². The second-order valence-electron chi connectivity index (χ2n) is 4.28. The number of carbonyl (C=O) groups is 1. The first-order chi connectivity index (χ1) is 7.63. The Kier molecular flexibility index (Phi) is 5.19. The number of carbonyl (C=O) groups excluding carboxylic acids is 1. The predicted octanol–water partition coefficient (Wildman–Crippen LogP) is 1.99. The number of aromatic nitrogens is 2. The van der Waals surface area contributed by atoms with E-state index < -0.39 is 0 Å². The zero-order chi connectivity index (χ0) is 12.0. The molecule has 90 valence electrons. The van der Waals surface area contributed by atoms with Crippen LogP contribution in [0.5, 0.6) is 0 Å². The summed E-state index contributed by atoms with van der Waals surface area (Å²) in [5.41, 5.74) is 6.35. The van der Waals surface area contributed by atoms with Gasteiger partial charge in [-0.2, -0.15) is 5.10 Å². The zero-order valence-electron chi connectivity index (χ0n) is 10.1. The van der Waals surface area contributed by atoms with E-state index in [-0.39, 0.29) is 11.8 Å². The fraction of sp³-hybridized carbons (Fsp3) is 0.667. The summed E-state index contributed by atoms with van der Waals surface area (Å²) in [6, 6.07) is 0.176. The second-order valence-corrected chi connectivity index (χ2v) is 4.28. The average Bonchev–Trinajstić information content (AvgIpc) is 2.66. The van der Waals surface area contributed by atoms with Crippen LogP contribution in [0, 0.1) is 0 Å². The maximum absolute atomic E-state index is 11.7. The van der Waals surface area contributed by atoms with E-state index in [0.717, 1.165) is 31.4 Å². The van der Waals surface area contributed by atoms with Crippen molar-refractivity contribution in [2.75, 3.05) is 0 Å². The highest BCUT2D eigenvalue weighted by molar-refractivity contribution is 5.95. The summed E-state index contributed by atoms with van der Waals surface area (Å²) in [6.07, 6.45) is 6.84. The van der Waals surface area contributed by atoms with Crippen LogP contribution in [0.25, 0.3) is 0 Å². The molecule has 2 N–H and O–H groups in total. The monoisotopic (exact) mass is 223 g/mol. The number of ketones is 1. The standard InChI is InChI=1S/C12H21N3O/c1-3-7-15-9-11(8-14-15)12(16)6-4-5-10(2)13/h8-10H,3-7,13H2,1-2H3. The molecule has 1 atom stereocenters. The van der Waals surface area contributed by atoms with Gasteiger partial charge in [0.1, 0.15) is 0 Å². The summed E-state index contributed by atoms with van der Waals surface area (Å²) in [5.74, 6) is 0.169. The highest BCUT2D eigenvalue weighted by Crippen LogP contribution is 2.07. The molecule has 0 aliphatic rings. The van der Waals surface area contributed by atoms with Gasteiger partial charge in [-0.3, -0.25) is 9.48 Å². The van der Waals surface area contributed by atoms with Gasteiger partial charge in [0.15, 0.2) is 5.78 Å². The van der Waals surface area contributed by atoms with Crippen molar-refractivity contribution in [1.29, 1.82) is 0 Å². The molecule has 0 saturated heterocycles. The highest BCUT2D eigenvalue weighted by atomic mass is 16.1. The molecule has 0 saturated carbocycles. The molecular weight excluding hydrogens is 202 g/mol. The molecule has 0 amide bonds. The van der Waals surface area contributed by atoms with Crippen molar-refractivity contribution in [3.05, 3.63) is 18.0 Å². The predicted molar refractivity (Wildman–Crippen MR) is 64.3 cm³/mol. The van der Waals surface area contributed by atoms with Gasteiger partial charge in [-0.25, -0.2) is 0 Å². The number of hydrogen-bond donors (Lipinski definition) is 1. The average molecular weight is 223 g/mol. The lowest BCUT2D eigenvalue weighted by Crippen LogP contribution is -2.14. The molecule has 0 aliphatic heterocycles. The van der Waals surface area contributed by atoms with Crippen LogP contribution < -0.4 is 5.73 Å². The molecule has 0 bridgehead atoms. The van der Waals surface area contributed by atoms with Gasteiger partial charge in [0, 0.05) is 25.2 Å². The van der Waals surface area contributed by atoms with Crippen LogP contribution in [0.1, 0.15) is 49.9 Å². The van der Waals surface area contributed by atoms with Gasteiger partial charge in [0.25, 0.3) is 0 Å². The summed E-state index contributed by atoms with van der Waals surface area (Å²) in [5, 5.41) is 4.14. The van der Waals surface area contributed by atoms with Crippen LogP contribution in [0.4, 0.5) is 0 Å². The first-order valence-electron chi connectivity index (χ1n) is 5.94. The maximum atomic E-state index is 11.7. The van der Waals surface area contributed by atoms with Crippen molar-refractivity contribution in [2.24, 2.45) is 5.73 Å². The van der Waals surface area contributed by atoms with E-state index in [2.05, 4.69) is 12.0 Å². The number of rotatable bonds is 7. The minimum atomic E-state index is 0.169. The van der Waals surface area contributed by atoms with E-state index in [1.807, 2.05) is 17.8 Å². The number of nitrogens with zero attached hydrogens (tertiary/aromatic N) is 2. The molecule has 0 aromatic carbocycles. The van der Waals surface area contributed by atoms with Crippen molar-refractivity contribution >= 4 is 5.78 Å². The third-order valence-electron chi connectivity index (χ3n) is 2.47. The Morgan fingerprint density at radius 3 is 3.00 bits per heavy atom. The molecule has 0 spiro atoms. The van der Waals surface area contributed by atoms with Crippen molar-refractivity contribution in [2.45, 2.75) is 52.1 Å². The molecule has 0 aliphatic carbocycles. The van der Waals surface area contributed by atoms with Crippen LogP contribution in [0.3, 0.4) is 0 Å². The first kappa shape index (κ1) is 12.9. The molecule has 4 heteroatoms. The number of nitrogens with two attached hydrogens (primary N) is 1. The molecule has 1 heterocycles. The van der Waals surface area contributed by atoms with Crippen LogP contribution in [-0.2, 0) is 6.54 Å². The molecule has 1 unspecified atom stereocenters. The molecule has 0 radical (unpaired) electrons. The van der Waals surface area contributed by atoms with Gasteiger partial charge >= 0.3 is 0 Å². The SMILES string of the molecule is CCCn1cc(C(=O)CCCC(C)N)cn1. The van der Waals surface area contributed by atoms with Gasteiger partial charge in [-0.1, -0.05) is 6.92 Å². The Balaban J connectivity index is 2.40. The molecule has 1 aromatic rings. The van der Waals surface area contributed by atoms with Crippen molar-refractivity contribution in [3.8, 4) is 0 Å². The summed E-state index contributed by atoms with van der Waals surface area (Å²) < 4.78 is 1.82. The topological polar surface area (TPSA) is 60.9 Å². The summed E-state index contributed by atoms with van der Waals surface area (Å²) in [4.78, 5) is 11.7. The summed E-state index contributed by atoms with van der Waals surface area (Å²) >= 11 is 0. The fourth-order valence-corrected chi connectivity index (χ4v) is 1.59. The minimum absolute atomic E-state index is 0.169. The number of hydrogen-bond acceptors (Lipinski definition) is 3. The van der Waals surface area contributed by atoms with Crippen molar-refractivity contribution < 1.29 is 4.79 Å². The van der Waals surface area contributed by atoms with E-state index in [9.17, 15) is 4.79 Å². The largest absolute Gasteiger partial charge is 0.328 e. The van der Waals surface area contributed by atoms with Crippen LogP contribution in [-0.4, -0.2) is 21.6 Å². The van der Waals surface area contributed by atoms with Gasteiger partial charge in [0.2, 0.25) is 0 Å². The van der Waals surface area contributed by atoms with Crippen LogP contribution in [0.15, 0.2) is 12.4 Å². The minimum Gasteiger partial charge on any atom is -0.328 e. The third kappa shape index (κ3) is 4.14. The van der Waals surface area contributed by atoms with Gasteiger partial charge < -0.3 is 5.73 Å². The van der Waals surface area contributed by atoms with Crippen molar-refractivity contribution in [3.63, 3.8) is 0 Å². The normalized spacial score (nSPS) is 12.7. The Bertz CT molecular complexity index is 331. The lowest BCUT2D eigenvalue weighted by atomic mass is 10.1. The quantitative estimate of drug-likeness (QED) is 0.719. The lowest BCUT2D eigenvalue weighted by Gasteiger charge is -2.02. The highest BCUT2D eigenvalue weighted by Gasteiger charge is 2.08. The van der Waals surface area contributed by atoms with E-state index in [1.54, 1.807) is 6.20 Å². The van der Waals surface area contributed by atoms with Gasteiger partial charge in [-0.15, -0.1) is 0 Å². The first-order valence-corrected chi connectivity index (χ1v) is 5.94. The van der Waals surface area contributed by atoms with E-state index in [1.165, 1.54) is 0 Å².